The molecule has 2 heteroatoms. The Morgan fingerprint density at radius 2 is 0.815 bits per heavy atom. The van der Waals surface area contributed by atoms with Crippen molar-refractivity contribution in [2.75, 3.05) is 23.9 Å². The quantitative estimate of drug-likeness (QED) is 0.116. The Kier molecular flexibility index (Phi) is 8.49. The highest BCUT2D eigenvalue weighted by molar-refractivity contribution is 6.21. The maximum Gasteiger partial charge on any atom is 0.0925 e. The van der Waals surface area contributed by atoms with E-state index in [1.807, 2.05) is 24.3 Å². The van der Waals surface area contributed by atoms with Crippen molar-refractivity contribution < 1.29 is 0 Å². The number of allylic oxidation sites excluding steroid dienone is 6. The molecule has 254 valence electrons. The molecule has 0 radical (unpaired) electrons. The zero-order valence-corrected chi connectivity index (χ0v) is 30.2. The van der Waals surface area contributed by atoms with E-state index in [0.29, 0.717) is 0 Å². The van der Waals surface area contributed by atoms with Crippen molar-refractivity contribution in [1.29, 1.82) is 0 Å². The van der Waals surface area contributed by atoms with Crippen LogP contribution in [0.25, 0.3) is 60.5 Å². The summed E-state index contributed by atoms with van der Waals surface area (Å²) in [6, 6.07) is 54.6. The highest BCUT2D eigenvalue weighted by Crippen LogP contribution is 2.44. The Morgan fingerprint density at radius 1 is 0.370 bits per heavy atom. The molecule has 54 heavy (non-hydrogen) atoms. The number of para-hydroxylation sites is 1. The van der Waals surface area contributed by atoms with Crippen LogP contribution in [-0.4, -0.2) is 14.1 Å². The molecule has 0 fully saturated rings. The number of likely N-dealkylation sites (N-methyl/N-ethyl adjacent to an activating group) is 2. The van der Waals surface area contributed by atoms with Gasteiger partial charge in [-0.1, -0.05) is 145 Å². The van der Waals surface area contributed by atoms with Gasteiger partial charge in [0.15, 0.2) is 0 Å². The molecule has 7 aromatic carbocycles. The van der Waals surface area contributed by atoms with Crippen molar-refractivity contribution in [2.45, 2.75) is 0 Å². The van der Waals surface area contributed by atoms with E-state index in [-0.39, 0.29) is 0 Å². The summed E-state index contributed by atoms with van der Waals surface area (Å²) in [6.07, 6.45) is 10.1. The minimum absolute atomic E-state index is 0.980. The number of benzene rings is 7. The zero-order valence-electron chi connectivity index (χ0n) is 30.2. The number of anilines is 2. The smallest absolute Gasteiger partial charge is 0.0925 e. The second-order valence-electron chi connectivity index (χ2n) is 13.6. The van der Waals surface area contributed by atoms with Gasteiger partial charge in [0.05, 0.1) is 11.4 Å². The van der Waals surface area contributed by atoms with E-state index in [1.165, 1.54) is 54.9 Å². The topological polar surface area (TPSA) is 6.48 Å². The van der Waals surface area contributed by atoms with Crippen LogP contribution in [0.3, 0.4) is 0 Å². The van der Waals surface area contributed by atoms with Crippen molar-refractivity contribution in [3.05, 3.63) is 222 Å². The number of hydrogen-bond donors (Lipinski definition) is 0. The van der Waals surface area contributed by atoms with Gasteiger partial charge in [-0.25, -0.2) is 0 Å². The lowest BCUT2D eigenvalue weighted by Crippen LogP contribution is -2.14. The molecule has 0 N–H and O–H groups in total. The number of rotatable bonds is 8. The van der Waals surface area contributed by atoms with Gasteiger partial charge in [-0.15, -0.1) is 0 Å². The monoisotopic (exact) mass is 688 g/mol. The Morgan fingerprint density at radius 3 is 1.30 bits per heavy atom. The van der Waals surface area contributed by atoms with Gasteiger partial charge in [-0.2, -0.15) is 0 Å². The lowest BCUT2D eigenvalue weighted by Gasteiger charge is -2.20. The molecule has 0 saturated carbocycles. The van der Waals surface area contributed by atoms with E-state index < -0.39 is 0 Å². The van der Waals surface area contributed by atoms with Crippen LogP contribution in [0.2, 0.25) is 0 Å². The van der Waals surface area contributed by atoms with Gasteiger partial charge in [-0.05, 0) is 121 Å². The fourth-order valence-electron chi connectivity index (χ4n) is 7.48. The fourth-order valence-corrected chi connectivity index (χ4v) is 7.48. The minimum atomic E-state index is 0.980. The molecule has 0 aromatic heterocycles. The Labute approximate surface area is 316 Å². The second-order valence-corrected chi connectivity index (χ2v) is 13.6. The van der Waals surface area contributed by atoms with Crippen LogP contribution in [0.15, 0.2) is 216 Å². The van der Waals surface area contributed by atoms with Crippen LogP contribution in [0, 0.1) is 0 Å². The van der Waals surface area contributed by atoms with Crippen LogP contribution in [0.5, 0.6) is 0 Å². The number of fused-ring (bicyclic) bond motifs is 2. The first-order chi connectivity index (χ1) is 26.6. The molecule has 0 aliphatic heterocycles. The predicted octanol–water partition coefficient (Wildman–Crippen LogP) is 12.9. The normalized spacial score (nSPS) is 12.9. The molecule has 0 atom stereocenters. The Hall–Kier alpha value is -7.26. The van der Waals surface area contributed by atoms with E-state index >= 15 is 0 Å². The summed E-state index contributed by atoms with van der Waals surface area (Å²) in [5.74, 6) is 0. The zero-order chi connectivity index (χ0) is 36.4. The largest absolute Gasteiger partial charge is 0.338 e. The molecule has 0 unspecified atom stereocenters. The fraction of sp³-hybridized carbons (Fsp3) is 0.0385. The van der Waals surface area contributed by atoms with E-state index in [9.17, 15) is 0 Å². The Bertz CT molecular complexity index is 2790. The summed E-state index contributed by atoms with van der Waals surface area (Å²) >= 11 is 0. The molecule has 0 amide bonds. The molecule has 0 bridgehead atoms. The third-order valence-electron chi connectivity index (χ3n) is 10.4. The van der Waals surface area contributed by atoms with Crippen molar-refractivity contribution in [3.63, 3.8) is 0 Å². The molecular formula is C52H36N2. The van der Waals surface area contributed by atoms with E-state index in [4.69, 9.17) is 0 Å². The lowest BCUT2D eigenvalue weighted by atomic mass is 9.85. The van der Waals surface area contributed by atoms with E-state index in [1.54, 1.807) is 0 Å². The molecule has 7 aromatic rings. The van der Waals surface area contributed by atoms with Crippen LogP contribution in [-0.2, 0) is 0 Å². The number of hydrogen-bond acceptors (Lipinski definition) is 2. The van der Waals surface area contributed by atoms with Crippen molar-refractivity contribution in [1.82, 2.24) is 0 Å². The standard InChI is InChI=1S/C52H36N2/c1-53(43-13-5-3-6-14-43)45-33-29-39(30-34-45)37-21-25-41(26-22-37)51-47-17-9-11-19-49(47)52(50-20-12-10-18-48(50)51)42-27-23-38(24-28-42)40-31-35-46(36-32-40)54(2)44-15-7-4-8-16-44/h3-7,9-15,17-29,31-33,35-36H,1-2H3. The Balaban J connectivity index is 1.06. The first kappa shape index (κ1) is 32.6. The number of nitrogens with zero attached hydrogens (tertiary/aromatic N) is 2. The van der Waals surface area contributed by atoms with Crippen molar-refractivity contribution in [2.24, 2.45) is 0 Å². The van der Waals surface area contributed by atoms with Crippen LogP contribution in [0.1, 0.15) is 5.56 Å². The molecule has 2 aliphatic carbocycles. The first-order valence-electron chi connectivity index (χ1n) is 18.2. The summed E-state index contributed by atoms with van der Waals surface area (Å²) in [7, 11) is 4.12. The van der Waals surface area contributed by atoms with E-state index in [2.05, 4.69) is 205 Å². The third-order valence-corrected chi connectivity index (χ3v) is 10.4. The predicted molar refractivity (Wildman–Crippen MR) is 228 cm³/mol. The maximum absolute atomic E-state index is 3.40. The highest BCUT2D eigenvalue weighted by Gasteiger charge is 2.17. The van der Waals surface area contributed by atoms with E-state index in [0.717, 1.165) is 33.9 Å². The lowest BCUT2D eigenvalue weighted by molar-refractivity contribution is 1.14. The molecule has 2 aliphatic rings. The summed E-state index contributed by atoms with van der Waals surface area (Å²) in [5.41, 5.74) is 26.6. The molecule has 0 spiro atoms. The highest BCUT2D eigenvalue weighted by atomic mass is 15.1. The summed E-state index contributed by atoms with van der Waals surface area (Å²) < 4.78 is 0. The average molecular weight is 689 g/mol. The third kappa shape index (κ3) is 6.07. The molecular weight excluding hydrogens is 653 g/mol. The summed E-state index contributed by atoms with van der Waals surface area (Å²) in [5, 5.41) is 4.96. The van der Waals surface area contributed by atoms with Gasteiger partial charge in [0.2, 0.25) is 0 Å². The molecule has 0 saturated heterocycles. The van der Waals surface area contributed by atoms with Crippen molar-refractivity contribution >= 4 is 38.5 Å². The summed E-state index contributed by atoms with van der Waals surface area (Å²) in [6.45, 7) is 0. The van der Waals surface area contributed by atoms with Gasteiger partial charge in [-0.3, -0.25) is 0 Å². The van der Waals surface area contributed by atoms with Gasteiger partial charge in [0.1, 0.15) is 0 Å². The van der Waals surface area contributed by atoms with Crippen LogP contribution in [0.4, 0.5) is 11.4 Å². The van der Waals surface area contributed by atoms with Gasteiger partial charge in [0, 0.05) is 31.0 Å². The van der Waals surface area contributed by atoms with Crippen LogP contribution < -0.4 is 9.80 Å². The second kappa shape index (κ2) is 14.0. The summed E-state index contributed by atoms with van der Waals surface area (Å²) in [4.78, 5) is 4.25. The minimum Gasteiger partial charge on any atom is -0.338 e. The average Bonchev–Trinajstić information content (AvgIpc) is 3.26. The SMILES string of the molecule is CN(C1=C=C=C(c2ccc(-c3c4ccccc4c(-c4ccc(-c5ccc(N(C)C6=C=C=CC=C6)cc5)cc4)c4ccccc34)cc2)C=C1)c1ccccc1. The van der Waals surface area contributed by atoms with Gasteiger partial charge in [0.25, 0.3) is 0 Å². The molecule has 9 rings (SSSR count). The van der Waals surface area contributed by atoms with Gasteiger partial charge >= 0.3 is 0 Å². The first-order valence-corrected chi connectivity index (χ1v) is 18.2. The molecule has 2 nitrogen and oxygen atoms in total. The maximum atomic E-state index is 3.40. The van der Waals surface area contributed by atoms with Crippen molar-refractivity contribution in [3.8, 4) is 33.4 Å². The van der Waals surface area contributed by atoms with Crippen LogP contribution >= 0.6 is 0 Å². The van der Waals surface area contributed by atoms with Gasteiger partial charge < -0.3 is 9.80 Å². The molecule has 0 heterocycles.